The lowest BCUT2D eigenvalue weighted by atomic mass is 10.1. The monoisotopic (exact) mass is 188 g/mol. The lowest BCUT2D eigenvalue weighted by Crippen LogP contribution is -2.43. The first-order chi connectivity index (χ1) is 6.34. The van der Waals surface area contributed by atoms with Crippen molar-refractivity contribution in [2.45, 2.75) is 32.2 Å². The Labute approximate surface area is 80.5 Å². The van der Waals surface area contributed by atoms with E-state index in [0.29, 0.717) is 12.6 Å². The van der Waals surface area contributed by atoms with E-state index in [1.165, 1.54) is 32.4 Å². The van der Waals surface area contributed by atoms with Gasteiger partial charge in [-0.05, 0) is 32.9 Å². The minimum absolute atomic E-state index is 0.257. The summed E-state index contributed by atoms with van der Waals surface area (Å²) in [6, 6.07) is 0.562. The zero-order chi connectivity index (χ0) is 9.52. The van der Waals surface area contributed by atoms with Crippen LogP contribution in [0.15, 0.2) is 0 Å². The Bertz CT molecular complexity index is 124. The Balaban J connectivity index is 2.09. The zero-order valence-corrected chi connectivity index (χ0v) is 8.56. The average Bonchev–Trinajstić information content (AvgIpc) is 2.19. The molecule has 1 heterocycles. The van der Waals surface area contributed by atoms with Crippen molar-refractivity contribution < 1.29 is 4.39 Å². The van der Waals surface area contributed by atoms with Gasteiger partial charge < -0.3 is 5.32 Å². The van der Waals surface area contributed by atoms with Gasteiger partial charge in [0.2, 0.25) is 0 Å². The molecule has 3 heteroatoms. The second-order valence-electron chi connectivity index (χ2n) is 3.84. The van der Waals surface area contributed by atoms with E-state index in [4.69, 9.17) is 0 Å². The van der Waals surface area contributed by atoms with Crippen LogP contribution in [0.25, 0.3) is 0 Å². The Hall–Kier alpha value is -0.150. The van der Waals surface area contributed by atoms with E-state index in [0.717, 1.165) is 6.54 Å². The number of rotatable bonds is 5. The second kappa shape index (κ2) is 6.33. The van der Waals surface area contributed by atoms with Crippen molar-refractivity contribution in [1.82, 2.24) is 10.2 Å². The van der Waals surface area contributed by atoms with Crippen LogP contribution in [-0.2, 0) is 0 Å². The highest BCUT2D eigenvalue weighted by molar-refractivity contribution is 4.72. The average molecular weight is 188 g/mol. The van der Waals surface area contributed by atoms with Crippen molar-refractivity contribution in [3.8, 4) is 0 Å². The Morgan fingerprint density at radius 3 is 2.62 bits per heavy atom. The molecule has 0 aromatic rings. The van der Waals surface area contributed by atoms with E-state index in [1.807, 2.05) is 0 Å². The van der Waals surface area contributed by atoms with Crippen LogP contribution < -0.4 is 5.32 Å². The number of hydrogen-bond acceptors (Lipinski definition) is 2. The first-order valence-corrected chi connectivity index (χ1v) is 5.35. The summed E-state index contributed by atoms with van der Waals surface area (Å²) in [5, 5.41) is 3.12. The zero-order valence-electron chi connectivity index (χ0n) is 8.56. The fourth-order valence-electron chi connectivity index (χ4n) is 1.87. The molecule has 1 unspecified atom stereocenters. The maximum absolute atomic E-state index is 11.8. The second-order valence-corrected chi connectivity index (χ2v) is 3.84. The van der Waals surface area contributed by atoms with Crippen LogP contribution in [0.2, 0.25) is 0 Å². The molecule has 0 bridgehead atoms. The number of nitrogens with zero attached hydrogens (tertiary/aromatic N) is 1. The van der Waals surface area contributed by atoms with E-state index in [2.05, 4.69) is 17.1 Å². The molecule has 1 fully saturated rings. The molecule has 13 heavy (non-hydrogen) atoms. The third kappa shape index (κ3) is 4.05. The van der Waals surface area contributed by atoms with E-state index < -0.39 is 0 Å². The fourth-order valence-corrected chi connectivity index (χ4v) is 1.87. The minimum Gasteiger partial charge on any atom is -0.313 e. The third-order valence-electron chi connectivity index (χ3n) is 2.73. The molecule has 0 saturated carbocycles. The molecule has 1 N–H and O–H groups in total. The van der Waals surface area contributed by atoms with Gasteiger partial charge in [0.05, 0.1) is 0 Å². The Kier molecular flexibility index (Phi) is 5.32. The molecule has 1 saturated heterocycles. The van der Waals surface area contributed by atoms with Crippen LogP contribution in [-0.4, -0.2) is 43.8 Å². The number of nitrogens with one attached hydrogen (secondary N) is 1. The minimum atomic E-state index is -0.257. The van der Waals surface area contributed by atoms with Crippen LogP contribution in [0.3, 0.4) is 0 Å². The van der Waals surface area contributed by atoms with Gasteiger partial charge in [0, 0.05) is 19.1 Å². The highest BCUT2D eigenvalue weighted by atomic mass is 19.1. The lowest BCUT2D eigenvalue weighted by Gasteiger charge is -2.32. The fraction of sp³-hybridized carbons (Fsp3) is 1.00. The molecular weight excluding hydrogens is 167 g/mol. The molecule has 0 aromatic carbocycles. The Morgan fingerprint density at radius 2 is 2.00 bits per heavy atom. The van der Waals surface area contributed by atoms with Crippen LogP contribution in [0.4, 0.5) is 4.39 Å². The molecule has 0 radical (unpaired) electrons. The van der Waals surface area contributed by atoms with Crippen molar-refractivity contribution in [3.63, 3.8) is 0 Å². The summed E-state index contributed by atoms with van der Waals surface area (Å²) in [6.07, 6.45) is 4.03. The highest BCUT2D eigenvalue weighted by Gasteiger charge is 2.15. The third-order valence-corrected chi connectivity index (χ3v) is 2.73. The number of piperidine rings is 1. The first kappa shape index (κ1) is 10.9. The van der Waals surface area contributed by atoms with E-state index in [-0.39, 0.29) is 6.67 Å². The van der Waals surface area contributed by atoms with Crippen molar-refractivity contribution in [1.29, 1.82) is 0 Å². The van der Waals surface area contributed by atoms with E-state index in [1.54, 1.807) is 0 Å². The molecular formula is C10H21FN2. The molecule has 1 atom stereocenters. The van der Waals surface area contributed by atoms with Crippen molar-refractivity contribution in [2.24, 2.45) is 0 Å². The quantitative estimate of drug-likeness (QED) is 0.656. The standard InChI is InChI=1S/C10H21FN2/c1-10(9-12-6-5-11)13-7-3-2-4-8-13/h10,12H,2-9H2,1H3. The first-order valence-electron chi connectivity index (χ1n) is 5.35. The predicted molar refractivity (Wildman–Crippen MR) is 53.7 cm³/mol. The smallest absolute Gasteiger partial charge is 0.102 e. The van der Waals surface area contributed by atoms with Gasteiger partial charge in [-0.1, -0.05) is 6.42 Å². The molecule has 0 aromatic heterocycles. The SMILES string of the molecule is CC(CNCCF)N1CCCCC1. The van der Waals surface area contributed by atoms with Gasteiger partial charge in [0.25, 0.3) is 0 Å². The molecule has 0 spiro atoms. The van der Waals surface area contributed by atoms with E-state index in [9.17, 15) is 4.39 Å². The van der Waals surface area contributed by atoms with Gasteiger partial charge in [0.15, 0.2) is 0 Å². The molecule has 2 nitrogen and oxygen atoms in total. The van der Waals surface area contributed by atoms with Gasteiger partial charge in [-0.3, -0.25) is 4.90 Å². The van der Waals surface area contributed by atoms with Crippen LogP contribution in [0.1, 0.15) is 26.2 Å². The topological polar surface area (TPSA) is 15.3 Å². The highest BCUT2D eigenvalue weighted by Crippen LogP contribution is 2.11. The summed E-state index contributed by atoms with van der Waals surface area (Å²) >= 11 is 0. The van der Waals surface area contributed by atoms with Gasteiger partial charge in [-0.15, -0.1) is 0 Å². The molecule has 78 valence electrons. The Morgan fingerprint density at radius 1 is 1.31 bits per heavy atom. The van der Waals surface area contributed by atoms with Crippen molar-refractivity contribution in [2.75, 3.05) is 32.9 Å². The van der Waals surface area contributed by atoms with Gasteiger partial charge in [-0.2, -0.15) is 0 Å². The van der Waals surface area contributed by atoms with Gasteiger partial charge in [0.1, 0.15) is 6.67 Å². The van der Waals surface area contributed by atoms with Gasteiger partial charge in [-0.25, -0.2) is 4.39 Å². The number of hydrogen-bond donors (Lipinski definition) is 1. The number of halogens is 1. The van der Waals surface area contributed by atoms with Crippen molar-refractivity contribution >= 4 is 0 Å². The van der Waals surface area contributed by atoms with Crippen LogP contribution >= 0.6 is 0 Å². The lowest BCUT2D eigenvalue weighted by molar-refractivity contribution is 0.170. The molecule has 0 aliphatic carbocycles. The summed E-state index contributed by atoms with van der Waals surface area (Å²) in [5.74, 6) is 0. The summed E-state index contributed by atoms with van der Waals surface area (Å²) in [4.78, 5) is 2.49. The summed E-state index contributed by atoms with van der Waals surface area (Å²) in [5.41, 5.74) is 0. The largest absolute Gasteiger partial charge is 0.313 e. The molecule has 1 aliphatic rings. The predicted octanol–water partition coefficient (Wildman–Crippen LogP) is 1.42. The van der Waals surface area contributed by atoms with Crippen molar-refractivity contribution in [3.05, 3.63) is 0 Å². The molecule has 1 rings (SSSR count). The molecule has 0 amide bonds. The van der Waals surface area contributed by atoms with Crippen LogP contribution in [0, 0.1) is 0 Å². The van der Waals surface area contributed by atoms with Gasteiger partial charge >= 0.3 is 0 Å². The summed E-state index contributed by atoms with van der Waals surface area (Å²) < 4.78 is 11.8. The maximum Gasteiger partial charge on any atom is 0.102 e. The number of alkyl halides is 1. The summed E-state index contributed by atoms with van der Waals surface area (Å²) in [6.45, 7) is 5.82. The normalized spacial score (nSPS) is 21.7. The molecule has 1 aliphatic heterocycles. The summed E-state index contributed by atoms with van der Waals surface area (Å²) in [7, 11) is 0. The maximum atomic E-state index is 11.8. The number of likely N-dealkylation sites (tertiary alicyclic amines) is 1. The van der Waals surface area contributed by atoms with Crippen LogP contribution in [0.5, 0.6) is 0 Å². The van der Waals surface area contributed by atoms with E-state index >= 15 is 0 Å².